The van der Waals surface area contributed by atoms with Crippen molar-refractivity contribution >= 4 is 47.1 Å². The third-order valence-electron chi connectivity index (χ3n) is 4.98. The van der Waals surface area contributed by atoms with Crippen molar-refractivity contribution in [3.05, 3.63) is 51.8 Å². The molecule has 2 rings (SSSR count). The first-order valence-corrected chi connectivity index (χ1v) is 12.7. The number of hydrogen-bond acceptors (Lipinski definition) is 7. The molecule has 1 atom stereocenters. The van der Waals surface area contributed by atoms with Crippen molar-refractivity contribution in [1.29, 1.82) is 0 Å². The van der Waals surface area contributed by atoms with Crippen LogP contribution >= 0.6 is 23.4 Å². The lowest BCUT2D eigenvalue weighted by Crippen LogP contribution is -2.20. The number of carbonyl (C=O) groups excluding carboxylic acids is 1. The lowest BCUT2D eigenvalue weighted by Gasteiger charge is -2.21. The summed E-state index contributed by atoms with van der Waals surface area (Å²) in [5.41, 5.74) is 3.98. The lowest BCUT2D eigenvalue weighted by molar-refractivity contribution is -0.0657. The predicted molar refractivity (Wildman–Crippen MR) is 141 cm³/mol. The van der Waals surface area contributed by atoms with E-state index in [1.165, 1.54) is 5.56 Å². The lowest BCUT2D eigenvalue weighted by atomic mass is 9.86. The van der Waals surface area contributed by atoms with Gasteiger partial charge in [0.15, 0.2) is 5.76 Å². The van der Waals surface area contributed by atoms with E-state index in [0.29, 0.717) is 33.5 Å². The quantitative estimate of drug-likeness (QED) is 0.134. The Kier molecular flexibility index (Phi) is 10.1. The second-order valence-corrected chi connectivity index (χ2v) is 10.1. The molecule has 9 heteroatoms. The van der Waals surface area contributed by atoms with Crippen LogP contribution in [0, 0.1) is 6.92 Å². The SMILES string of the molecule is CN=C/C(=C(/OC(C)OC(=O)OCCSC)c1c(Cl)c(C)nn1C)c1ccc(C(C)(C)C)cc1. The molecule has 0 spiro atoms. The smallest absolute Gasteiger partial charge is 0.452 e. The Labute approximate surface area is 211 Å². The monoisotopic (exact) mass is 507 g/mol. The number of aliphatic imine (C=N–C) groups is 1. The van der Waals surface area contributed by atoms with E-state index < -0.39 is 12.4 Å². The van der Waals surface area contributed by atoms with Gasteiger partial charge >= 0.3 is 6.16 Å². The van der Waals surface area contributed by atoms with Crippen LogP contribution in [-0.4, -0.2) is 54.1 Å². The molecular formula is C25H34ClN3O4S. The van der Waals surface area contributed by atoms with E-state index in [9.17, 15) is 4.79 Å². The van der Waals surface area contributed by atoms with Gasteiger partial charge in [-0.1, -0.05) is 56.6 Å². The topological polar surface area (TPSA) is 74.9 Å². The van der Waals surface area contributed by atoms with Gasteiger partial charge in [0, 0.05) is 38.6 Å². The van der Waals surface area contributed by atoms with E-state index in [1.54, 1.807) is 43.7 Å². The number of rotatable bonds is 9. The van der Waals surface area contributed by atoms with Gasteiger partial charge in [-0.2, -0.15) is 16.9 Å². The number of nitrogens with zero attached hydrogens (tertiary/aromatic N) is 3. The third-order valence-corrected chi connectivity index (χ3v) is 6.01. The van der Waals surface area contributed by atoms with Gasteiger partial charge in [0.05, 0.1) is 10.7 Å². The summed E-state index contributed by atoms with van der Waals surface area (Å²) in [7, 11) is 3.46. The maximum Gasteiger partial charge on any atom is 0.511 e. The summed E-state index contributed by atoms with van der Waals surface area (Å²) < 4.78 is 18.2. The Balaban J connectivity index is 2.54. The number of aryl methyl sites for hydroxylation is 2. The number of hydrogen-bond donors (Lipinski definition) is 0. The molecular weight excluding hydrogens is 474 g/mol. The van der Waals surface area contributed by atoms with Crippen molar-refractivity contribution in [1.82, 2.24) is 9.78 Å². The molecule has 2 aromatic rings. The maximum absolute atomic E-state index is 12.1. The van der Waals surface area contributed by atoms with Crippen LogP contribution in [0.15, 0.2) is 29.3 Å². The Hall–Kier alpha value is -2.45. The molecule has 7 nitrogen and oxygen atoms in total. The summed E-state index contributed by atoms with van der Waals surface area (Å²) in [6.45, 7) is 10.2. The van der Waals surface area contributed by atoms with E-state index in [-0.39, 0.29) is 12.0 Å². The summed E-state index contributed by atoms with van der Waals surface area (Å²) in [6, 6.07) is 8.19. The average Bonchev–Trinajstić information content (AvgIpc) is 3.01. The molecule has 1 heterocycles. The molecule has 0 saturated carbocycles. The number of allylic oxidation sites excluding steroid dienone is 1. The summed E-state index contributed by atoms with van der Waals surface area (Å²) in [6.07, 6.45) is 1.89. The summed E-state index contributed by atoms with van der Waals surface area (Å²) in [5, 5.41) is 4.87. The molecule has 186 valence electrons. The van der Waals surface area contributed by atoms with Crippen LogP contribution in [0.2, 0.25) is 5.02 Å². The highest BCUT2D eigenvalue weighted by Gasteiger charge is 2.25. The standard InChI is InChI=1S/C25H34ClN3O4S/c1-16-21(26)22(29(7)28-16)23(32-17(2)33-24(30)31-13-14-34-8)20(15-27-6)18-9-11-19(12-10-18)25(3,4)5/h9-12,15,17H,13-14H2,1-8H3/b23-20-,27-15?. The Morgan fingerprint density at radius 3 is 2.41 bits per heavy atom. The minimum absolute atomic E-state index is 0.0159. The maximum atomic E-state index is 12.1. The number of aromatic nitrogens is 2. The molecule has 1 aromatic carbocycles. The number of benzene rings is 1. The minimum Gasteiger partial charge on any atom is -0.452 e. The van der Waals surface area contributed by atoms with Crippen LogP contribution in [0.4, 0.5) is 4.79 Å². The Morgan fingerprint density at radius 1 is 1.26 bits per heavy atom. The molecule has 1 aromatic heterocycles. The first-order chi connectivity index (χ1) is 16.0. The molecule has 0 saturated heterocycles. The fraction of sp³-hybridized carbons (Fsp3) is 0.480. The van der Waals surface area contributed by atoms with Gasteiger partial charge in [-0.15, -0.1) is 0 Å². The Bertz CT molecular complexity index is 1040. The fourth-order valence-electron chi connectivity index (χ4n) is 3.24. The molecule has 0 fully saturated rings. The van der Waals surface area contributed by atoms with Crippen molar-refractivity contribution in [2.24, 2.45) is 12.0 Å². The van der Waals surface area contributed by atoms with Crippen LogP contribution in [0.1, 0.15) is 50.2 Å². The first-order valence-electron chi connectivity index (χ1n) is 10.9. The largest absolute Gasteiger partial charge is 0.511 e. The molecule has 0 aliphatic carbocycles. The van der Waals surface area contributed by atoms with Crippen molar-refractivity contribution in [2.75, 3.05) is 25.7 Å². The average molecular weight is 508 g/mol. The highest BCUT2D eigenvalue weighted by Crippen LogP contribution is 2.34. The summed E-state index contributed by atoms with van der Waals surface area (Å²) >= 11 is 8.20. The van der Waals surface area contributed by atoms with Gasteiger partial charge in [-0.05, 0) is 29.7 Å². The zero-order valence-electron chi connectivity index (χ0n) is 21.1. The number of halogens is 1. The van der Waals surface area contributed by atoms with Crippen LogP contribution < -0.4 is 0 Å². The third kappa shape index (κ3) is 7.27. The Morgan fingerprint density at radius 2 is 1.91 bits per heavy atom. The normalized spacial score (nSPS) is 13.6. The van der Waals surface area contributed by atoms with Gasteiger partial charge < -0.3 is 14.2 Å². The van der Waals surface area contributed by atoms with Crippen LogP contribution in [0.3, 0.4) is 0 Å². The van der Waals surface area contributed by atoms with E-state index in [0.717, 1.165) is 5.56 Å². The highest BCUT2D eigenvalue weighted by molar-refractivity contribution is 7.98. The van der Waals surface area contributed by atoms with Crippen LogP contribution in [0.5, 0.6) is 0 Å². The molecule has 0 aliphatic heterocycles. The molecule has 0 N–H and O–H groups in total. The second kappa shape index (κ2) is 12.3. The van der Waals surface area contributed by atoms with E-state index in [2.05, 4.69) is 43.0 Å². The molecule has 34 heavy (non-hydrogen) atoms. The van der Waals surface area contributed by atoms with E-state index in [1.807, 2.05) is 25.3 Å². The summed E-state index contributed by atoms with van der Waals surface area (Å²) in [5.74, 6) is 1.08. The fourth-order valence-corrected chi connectivity index (χ4v) is 3.73. The zero-order valence-corrected chi connectivity index (χ0v) is 22.7. The molecule has 0 amide bonds. The van der Waals surface area contributed by atoms with Crippen molar-refractivity contribution in [3.63, 3.8) is 0 Å². The van der Waals surface area contributed by atoms with Crippen LogP contribution in [0.25, 0.3) is 11.3 Å². The number of thioether (sulfide) groups is 1. The van der Waals surface area contributed by atoms with Crippen molar-refractivity contribution < 1.29 is 19.0 Å². The zero-order chi connectivity index (χ0) is 25.5. The number of ether oxygens (including phenoxy) is 3. The van der Waals surface area contributed by atoms with Gasteiger partial charge in [-0.25, -0.2) is 4.79 Å². The second-order valence-electron chi connectivity index (χ2n) is 8.72. The van der Waals surface area contributed by atoms with Gasteiger partial charge in [0.1, 0.15) is 12.3 Å². The first kappa shape index (κ1) is 27.8. The predicted octanol–water partition coefficient (Wildman–Crippen LogP) is 6.13. The molecule has 0 radical (unpaired) electrons. The van der Waals surface area contributed by atoms with Gasteiger partial charge in [-0.3, -0.25) is 9.67 Å². The summed E-state index contributed by atoms with van der Waals surface area (Å²) in [4.78, 5) is 16.3. The van der Waals surface area contributed by atoms with Gasteiger partial charge in [0.25, 0.3) is 0 Å². The molecule has 1 unspecified atom stereocenters. The van der Waals surface area contributed by atoms with Crippen molar-refractivity contribution in [2.45, 2.75) is 46.3 Å². The van der Waals surface area contributed by atoms with Gasteiger partial charge in [0.2, 0.25) is 6.29 Å². The minimum atomic E-state index is -0.947. The van der Waals surface area contributed by atoms with Crippen molar-refractivity contribution in [3.8, 4) is 0 Å². The molecule has 0 aliphatic rings. The number of carbonyl (C=O) groups is 1. The van der Waals surface area contributed by atoms with E-state index in [4.69, 9.17) is 25.8 Å². The van der Waals surface area contributed by atoms with Crippen LogP contribution in [-0.2, 0) is 26.7 Å². The van der Waals surface area contributed by atoms with E-state index >= 15 is 0 Å². The molecule has 0 bridgehead atoms. The highest BCUT2D eigenvalue weighted by atomic mass is 35.5.